The van der Waals surface area contributed by atoms with Crippen LogP contribution in [0.4, 0.5) is 0 Å². The van der Waals surface area contributed by atoms with Crippen molar-refractivity contribution in [2.75, 3.05) is 19.6 Å². The Bertz CT molecular complexity index is 713. The molecule has 24 heavy (non-hydrogen) atoms. The Morgan fingerprint density at radius 3 is 2.83 bits per heavy atom. The molecule has 3 rings (SSSR count). The summed E-state index contributed by atoms with van der Waals surface area (Å²) in [6.07, 6.45) is 0.999. The minimum Gasteiger partial charge on any atom is -0.341 e. The number of amides is 2. The van der Waals surface area contributed by atoms with Gasteiger partial charge < -0.3 is 14.3 Å². The Labute approximate surface area is 144 Å². The summed E-state index contributed by atoms with van der Waals surface area (Å²) in [4.78, 5) is 33.4. The number of hydrogen-bond donors (Lipinski definition) is 0. The number of aryl methyl sites for hydroxylation is 1. The third kappa shape index (κ3) is 3.64. The van der Waals surface area contributed by atoms with E-state index in [1.54, 1.807) is 23.2 Å². The van der Waals surface area contributed by atoms with Gasteiger partial charge in [-0.2, -0.15) is 4.98 Å². The van der Waals surface area contributed by atoms with Gasteiger partial charge in [0.2, 0.25) is 17.7 Å². The number of carbonyl (C=O) groups is 2. The van der Waals surface area contributed by atoms with E-state index in [1.807, 2.05) is 22.4 Å². The van der Waals surface area contributed by atoms with E-state index in [0.717, 1.165) is 4.88 Å². The highest BCUT2D eigenvalue weighted by atomic mass is 32.1. The molecular formula is C16H20N4O3S. The molecule has 2 aromatic rings. The number of thiophene rings is 1. The van der Waals surface area contributed by atoms with Crippen LogP contribution in [-0.2, 0) is 16.0 Å². The molecule has 128 valence electrons. The summed E-state index contributed by atoms with van der Waals surface area (Å²) in [7, 11) is 0. The van der Waals surface area contributed by atoms with E-state index in [4.69, 9.17) is 4.52 Å². The molecule has 8 heteroatoms. The molecule has 1 atom stereocenters. The van der Waals surface area contributed by atoms with Crippen LogP contribution in [0.15, 0.2) is 22.0 Å². The van der Waals surface area contributed by atoms with Crippen LogP contribution in [-0.4, -0.2) is 51.4 Å². The van der Waals surface area contributed by atoms with Gasteiger partial charge in [0, 0.05) is 31.4 Å². The third-order valence-electron chi connectivity index (χ3n) is 4.15. The fourth-order valence-corrected chi connectivity index (χ4v) is 3.63. The second kappa shape index (κ2) is 7.12. The Kier molecular flexibility index (Phi) is 4.94. The minimum absolute atomic E-state index is 0.0524. The summed E-state index contributed by atoms with van der Waals surface area (Å²) >= 11 is 1.58. The molecule has 7 nitrogen and oxygen atoms in total. The maximum Gasteiger partial charge on any atom is 0.249 e. The quantitative estimate of drug-likeness (QED) is 0.845. The molecule has 2 amide bonds. The lowest BCUT2D eigenvalue weighted by atomic mass is 10.1. The maximum absolute atomic E-state index is 12.5. The first-order chi connectivity index (χ1) is 11.5. The minimum atomic E-state index is -0.275. The van der Waals surface area contributed by atoms with E-state index in [-0.39, 0.29) is 17.9 Å². The normalized spacial score (nSPS) is 18.5. The van der Waals surface area contributed by atoms with Gasteiger partial charge in [-0.25, -0.2) is 0 Å². The zero-order valence-corrected chi connectivity index (χ0v) is 14.6. The molecule has 0 spiro atoms. The molecule has 0 saturated carbocycles. The average Bonchev–Trinajstić information content (AvgIpc) is 3.13. The molecule has 1 aliphatic rings. The largest absolute Gasteiger partial charge is 0.341 e. The summed E-state index contributed by atoms with van der Waals surface area (Å²) < 4.78 is 5.26. The number of carbonyl (C=O) groups excluding carboxylic acids is 2. The van der Waals surface area contributed by atoms with Crippen LogP contribution >= 0.6 is 11.3 Å². The lowest BCUT2D eigenvalue weighted by Gasteiger charge is -2.25. The Morgan fingerprint density at radius 1 is 1.38 bits per heavy atom. The third-order valence-corrected chi connectivity index (χ3v) is 5.03. The first-order valence-electron chi connectivity index (χ1n) is 7.92. The van der Waals surface area contributed by atoms with Crippen molar-refractivity contribution < 1.29 is 14.1 Å². The van der Waals surface area contributed by atoms with Gasteiger partial charge >= 0.3 is 0 Å². The second-order valence-corrected chi connectivity index (χ2v) is 6.87. The number of rotatable bonds is 3. The summed E-state index contributed by atoms with van der Waals surface area (Å²) in [6.45, 7) is 4.84. The summed E-state index contributed by atoms with van der Waals surface area (Å²) in [6, 6.07) is 3.64. The van der Waals surface area contributed by atoms with Gasteiger partial charge in [-0.05, 0) is 24.8 Å². The van der Waals surface area contributed by atoms with Crippen LogP contribution in [0.25, 0.3) is 0 Å². The van der Waals surface area contributed by atoms with E-state index in [1.165, 1.54) is 6.92 Å². The van der Waals surface area contributed by atoms with Gasteiger partial charge in [-0.1, -0.05) is 11.2 Å². The molecule has 0 bridgehead atoms. The monoisotopic (exact) mass is 348 g/mol. The Morgan fingerprint density at radius 2 is 2.21 bits per heavy atom. The van der Waals surface area contributed by atoms with Crippen LogP contribution < -0.4 is 0 Å². The molecule has 1 unspecified atom stereocenters. The predicted octanol–water partition coefficient (Wildman–Crippen LogP) is 1.80. The molecule has 1 fully saturated rings. The van der Waals surface area contributed by atoms with Gasteiger partial charge in [0.1, 0.15) is 6.04 Å². The highest BCUT2D eigenvalue weighted by Gasteiger charge is 2.32. The lowest BCUT2D eigenvalue weighted by molar-refractivity contribution is -0.133. The number of hydrogen-bond acceptors (Lipinski definition) is 6. The van der Waals surface area contributed by atoms with Crippen LogP contribution in [0, 0.1) is 6.92 Å². The van der Waals surface area contributed by atoms with Gasteiger partial charge in [0.25, 0.3) is 0 Å². The van der Waals surface area contributed by atoms with Crippen molar-refractivity contribution in [1.29, 1.82) is 0 Å². The molecule has 1 saturated heterocycles. The van der Waals surface area contributed by atoms with E-state index in [0.29, 0.717) is 44.2 Å². The first kappa shape index (κ1) is 16.6. The number of nitrogens with zero attached hydrogens (tertiary/aromatic N) is 4. The van der Waals surface area contributed by atoms with Crippen LogP contribution in [0.5, 0.6) is 0 Å². The van der Waals surface area contributed by atoms with Crippen molar-refractivity contribution in [2.24, 2.45) is 0 Å². The first-order valence-corrected chi connectivity index (χ1v) is 8.80. The average molecular weight is 348 g/mol. The van der Waals surface area contributed by atoms with Crippen molar-refractivity contribution in [1.82, 2.24) is 19.9 Å². The van der Waals surface area contributed by atoms with Gasteiger partial charge in [-0.3, -0.25) is 9.59 Å². The molecule has 3 heterocycles. The maximum atomic E-state index is 12.5. The fraction of sp³-hybridized carbons (Fsp3) is 0.500. The van der Waals surface area contributed by atoms with Crippen LogP contribution in [0.1, 0.15) is 36.0 Å². The lowest BCUT2D eigenvalue weighted by Crippen LogP contribution is -2.37. The van der Waals surface area contributed by atoms with Gasteiger partial charge in [0.05, 0.1) is 6.42 Å². The summed E-state index contributed by atoms with van der Waals surface area (Å²) in [5.41, 5.74) is 0. The van der Waals surface area contributed by atoms with E-state index >= 15 is 0 Å². The standard InChI is InChI=1S/C16H20N4O3S/c1-11-17-16(23-18-11)14-5-6-19(7-8-20(14)12(2)21)15(22)10-13-4-3-9-24-13/h3-4,9,14H,5-8,10H2,1-2H3. The molecule has 2 aromatic heterocycles. The van der Waals surface area contributed by atoms with E-state index < -0.39 is 0 Å². The van der Waals surface area contributed by atoms with Gasteiger partial charge in [0.15, 0.2) is 5.82 Å². The van der Waals surface area contributed by atoms with E-state index in [9.17, 15) is 9.59 Å². The van der Waals surface area contributed by atoms with Crippen molar-refractivity contribution >= 4 is 23.2 Å². The Hall–Kier alpha value is -2.22. The van der Waals surface area contributed by atoms with Crippen molar-refractivity contribution in [3.05, 3.63) is 34.1 Å². The number of aromatic nitrogens is 2. The van der Waals surface area contributed by atoms with Crippen molar-refractivity contribution in [2.45, 2.75) is 32.7 Å². The summed E-state index contributed by atoms with van der Waals surface area (Å²) in [5.74, 6) is 1.02. The molecule has 0 aromatic carbocycles. The predicted molar refractivity (Wildman–Crippen MR) is 88.4 cm³/mol. The second-order valence-electron chi connectivity index (χ2n) is 5.83. The molecule has 0 radical (unpaired) electrons. The van der Waals surface area contributed by atoms with Crippen LogP contribution in [0.2, 0.25) is 0 Å². The van der Waals surface area contributed by atoms with E-state index in [2.05, 4.69) is 10.1 Å². The van der Waals surface area contributed by atoms with Crippen LogP contribution in [0.3, 0.4) is 0 Å². The molecule has 1 aliphatic heterocycles. The molecular weight excluding hydrogens is 328 g/mol. The molecule has 0 N–H and O–H groups in total. The zero-order valence-electron chi connectivity index (χ0n) is 13.8. The SMILES string of the molecule is CC(=O)N1CCN(C(=O)Cc2cccs2)CCC1c1nc(C)no1. The smallest absolute Gasteiger partial charge is 0.249 e. The zero-order chi connectivity index (χ0) is 17.1. The van der Waals surface area contributed by atoms with Crippen molar-refractivity contribution in [3.8, 4) is 0 Å². The summed E-state index contributed by atoms with van der Waals surface area (Å²) in [5, 5.41) is 5.79. The van der Waals surface area contributed by atoms with Crippen molar-refractivity contribution in [3.63, 3.8) is 0 Å². The topological polar surface area (TPSA) is 79.5 Å². The highest BCUT2D eigenvalue weighted by molar-refractivity contribution is 7.10. The fourth-order valence-electron chi connectivity index (χ4n) is 2.94. The molecule has 0 aliphatic carbocycles. The Balaban J connectivity index is 1.72. The van der Waals surface area contributed by atoms with Gasteiger partial charge in [-0.15, -0.1) is 11.3 Å². The highest BCUT2D eigenvalue weighted by Crippen LogP contribution is 2.26.